The van der Waals surface area contributed by atoms with Gasteiger partial charge in [-0.2, -0.15) is 0 Å². The third-order valence-electron chi connectivity index (χ3n) is 4.41. The fourth-order valence-corrected chi connectivity index (χ4v) is 3.04. The number of benzene rings is 1. The van der Waals surface area contributed by atoms with E-state index < -0.39 is 11.6 Å². The molecule has 3 atom stereocenters. The van der Waals surface area contributed by atoms with Crippen molar-refractivity contribution in [2.75, 3.05) is 19.6 Å². The van der Waals surface area contributed by atoms with Crippen molar-refractivity contribution in [1.29, 1.82) is 0 Å². The van der Waals surface area contributed by atoms with Crippen LogP contribution >= 0.6 is 0 Å². The number of likely N-dealkylation sites (tertiary alicyclic amines) is 1. The smallest absolute Gasteiger partial charge is 0.226 e. The van der Waals surface area contributed by atoms with E-state index in [0.29, 0.717) is 12.5 Å². The highest BCUT2D eigenvalue weighted by Gasteiger charge is 2.46. The highest BCUT2D eigenvalue weighted by atomic mass is 19.2. The number of carbonyl (C=O) groups excluding carboxylic acids is 1. The largest absolute Gasteiger partial charge is 0.342 e. The summed E-state index contributed by atoms with van der Waals surface area (Å²) in [6, 6.07) is 3.91. The summed E-state index contributed by atoms with van der Waals surface area (Å²) >= 11 is 0. The molecule has 1 heterocycles. The average Bonchev–Trinajstić information content (AvgIpc) is 3.10. The second-order valence-corrected chi connectivity index (χ2v) is 5.80. The minimum atomic E-state index is -0.845. The van der Waals surface area contributed by atoms with Crippen LogP contribution < -0.4 is 5.73 Å². The van der Waals surface area contributed by atoms with E-state index in [2.05, 4.69) is 0 Å². The minimum absolute atomic E-state index is 0.0366. The van der Waals surface area contributed by atoms with Crippen LogP contribution in [0, 0.1) is 23.5 Å². The van der Waals surface area contributed by atoms with Crippen LogP contribution in [0.5, 0.6) is 0 Å². The topological polar surface area (TPSA) is 46.3 Å². The lowest BCUT2D eigenvalue weighted by atomic mass is 10.1. The molecular weight excluding hydrogens is 262 g/mol. The summed E-state index contributed by atoms with van der Waals surface area (Å²) in [4.78, 5) is 14.2. The molecule has 0 aromatic heterocycles. The molecule has 3 unspecified atom stereocenters. The van der Waals surface area contributed by atoms with Crippen LogP contribution in [0.15, 0.2) is 18.2 Å². The predicted octanol–water partition coefficient (Wildman–Crippen LogP) is 1.88. The summed E-state index contributed by atoms with van der Waals surface area (Å²) in [5.41, 5.74) is 6.34. The van der Waals surface area contributed by atoms with E-state index >= 15 is 0 Å². The quantitative estimate of drug-likeness (QED) is 0.919. The number of rotatable bonds is 3. The van der Waals surface area contributed by atoms with Gasteiger partial charge in [0.1, 0.15) is 0 Å². The first-order valence-electron chi connectivity index (χ1n) is 7.04. The van der Waals surface area contributed by atoms with E-state index in [1.54, 1.807) is 6.07 Å². The summed E-state index contributed by atoms with van der Waals surface area (Å²) < 4.78 is 26.1. The maximum Gasteiger partial charge on any atom is 0.226 e. The molecule has 2 aliphatic rings. The van der Waals surface area contributed by atoms with Gasteiger partial charge in [-0.25, -0.2) is 8.78 Å². The molecule has 1 aromatic carbocycles. The van der Waals surface area contributed by atoms with Crippen molar-refractivity contribution in [3.05, 3.63) is 35.4 Å². The maximum atomic E-state index is 13.2. The maximum absolute atomic E-state index is 13.2. The fourth-order valence-electron chi connectivity index (χ4n) is 3.04. The van der Waals surface area contributed by atoms with Crippen molar-refractivity contribution < 1.29 is 13.6 Å². The number of hydrogen-bond acceptors (Lipinski definition) is 2. The summed E-state index contributed by atoms with van der Waals surface area (Å²) in [6.07, 6.45) is 1.69. The zero-order chi connectivity index (χ0) is 14.3. The van der Waals surface area contributed by atoms with E-state index in [-0.39, 0.29) is 17.7 Å². The first-order valence-corrected chi connectivity index (χ1v) is 7.04. The molecule has 1 saturated heterocycles. The van der Waals surface area contributed by atoms with E-state index in [1.807, 2.05) is 4.90 Å². The van der Waals surface area contributed by atoms with Crippen molar-refractivity contribution in [2.24, 2.45) is 17.6 Å². The lowest BCUT2D eigenvalue weighted by molar-refractivity contribution is -0.131. The molecule has 2 fully saturated rings. The van der Waals surface area contributed by atoms with Crippen LogP contribution in [0.3, 0.4) is 0 Å². The molecule has 0 bridgehead atoms. The van der Waals surface area contributed by atoms with Gasteiger partial charge in [0.25, 0.3) is 0 Å². The second-order valence-electron chi connectivity index (χ2n) is 5.80. The Hall–Kier alpha value is -1.49. The zero-order valence-corrected chi connectivity index (χ0v) is 11.2. The van der Waals surface area contributed by atoms with Gasteiger partial charge in [0, 0.05) is 19.0 Å². The van der Waals surface area contributed by atoms with Gasteiger partial charge in [0.15, 0.2) is 11.6 Å². The Morgan fingerprint density at radius 1 is 1.35 bits per heavy atom. The number of nitrogens with zero attached hydrogens (tertiary/aromatic N) is 1. The van der Waals surface area contributed by atoms with Gasteiger partial charge in [0.05, 0.1) is 0 Å². The molecule has 0 radical (unpaired) electrons. The Morgan fingerprint density at radius 3 is 2.80 bits per heavy atom. The van der Waals surface area contributed by atoms with E-state index in [0.717, 1.165) is 37.6 Å². The van der Waals surface area contributed by atoms with E-state index in [9.17, 15) is 13.6 Å². The van der Waals surface area contributed by atoms with Crippen molar-refractivity contribution in [3.8, 4) is 0 Å². The molecule has 1 aliphatic heterocycles. The number of halogens is 2. The molecule has 1 aromatic rings. The van der Waals surface area contributed by atoms with Crippen LogP contribution in [0.1, 0.15) is 24.3 Å². The SMILES string of the molecule is NCC1CCN(C(=O)C2CC2c2ccc(F)c(F)c2)C1. The number of amides is 1. The predicted molar refractivity (Wildman–Crippen MR) is 70.9 cm³/mol. The van der Waals surface area contributed by atoms with Crippen LogP contribution in [-0.4, -0.2) is 30.4 Å². The van der Waals surface area contributed by atoms with Gasteiger partial charge < -0.3 is 10.6 Å². The van der Waals surface area contributed by atoms with E-state index in [1.165, 1.54) is 6.07 Å². The third-order valence-corrected chi connectivity index (χ3v) is 4.41. The first kappa shape index (κ1) is 13.5. The van der Waals surface area contributed by atoms with Gasteiger partial charge in [-0.05, 0) is 48.9 Å². The lowest BCUT2D eigenvalue weighted by Crippen LogP contribution is -2.31. The van der Waals surface area contributed by atoms with Gasteiger partial charge in [-0.15, -0.1) is 0 Å². The van der Waals surface area contributed by atoms with Gasteiger partial charge in [0.2, 0.25) is 5.91 Å². The molecular formula is C15H18F2N2O. The number of nitrogens with two attached hydrogens (primary N) is 1. The highest BCUT2D eigenvalue weighted by Crippen LogP contribution is 2.49. The molecule has 1 amide bonds. The average molecular weight is 280 g/mol. The van der Waals surface area contributed by atoms with Crippen LogP contribution in [0.2, 0.25) is 0 Å². The molecule has 1 aliphatic carbocycles. The number of hydrogen-bond donors (Lipinski definition) is 1. The summed E-state index contributed by atoms with van der Waals surface area (Å²) in [7, 11) is 0. The Kier molecular flexibility index (Phi) is 3.46. The summed E-state index contributed by atoms with van der Waals surface area (Å²) in [5.74, 6) is -1.19. The lowest BCUT2D eigenvalue weighted by Gasteiger charge is -2.16. The molecule has 0 spiro atoms. The van der Waals surface area contributed by atoms with Gasteiger partial charge >= 0.3 is 0 Å². The van der Waals surface area contributed by atoms with Crippen LogP contribution in [-0.2, 0) is 4.79 Å². The minimum Gasteiger partial charge on any atom is -0.342 e. The van der Waals surface area contributed by atoms with Crippen molar-refractivity contribution in [2.45, 2.75) is 18.8 Å². The Labute approximate surface area is 116 Å². The monoisotopic (exact) mass is 280 g/mol. The molecule has 3 rings (SSSR count). The summed E-state index contributed by atoms with van der Waals surface area (Å²) in [5, 5.41) is 0. The Bertz CT molecular complexity index is 535. The third kappa shape index (κ3) is 2.42. The standard InChI is InChI=1S/C15H18F2N2O/c16-13-2-1-10(5-14(13)17)11-6-12(11)15(20)19-4-3-9(7-18)8-19/h1-2,5,9,11-12H,3-4,6-8,18H2. The molecule has 108 valence electrons. The first-order chi connectivity index (χ1) is 9.60. The zero-order valence-electron chi connectivity index (χ0n) is 11.2. The normalized spacial score (nSPS) is 28.8. The van der Waals surface area contributed by atoms with Gasteiger partial charge in [-0.3, -0.25) is 4.79 Å². The molecule has 3 nitrogen and oxygen atoms in total. The van der Waals surface area contributed by atoms with Gasteiger partial charge in [-0.1, -0.05) is 6.07 Å². The van der Waals surface area contributed by atoms with Crippen molar-refractivity contribution in [1.82, 2.24) is 4.90 Å². The molecule has 5 heteroatoms. The summed E-state index contributed by atoms with van der Waals surface area (Å²) in [6.45, 7) is 2.11. The molecule has 2 N–H and O–H groups in total. The fraction of sp³-hybridized carbons (Fsp3) is 0.533. The highest BCUT2D eigenvalue weighted by molar-refractivity contribution is 5.83. The van der Waals surface area contributed by atoms with Crippen molar-refractivity contribution in [3.63, 3.8) is 0 Å². The molecule has 1 saturated carbocycles. The Balaban J connectivity index is 1.64. The molecule has 20 heavy (non-hydrogen) atoms. The number of carbonyl (C=O) groups is 1. The second kappa shape index (κ2) is 5.13. The van der Waals surface area contributed by atoms with E-state index in [4.69, 9.17) is 5.73 Å². The van der Waals surface area contributed by atoms with Crippen molar-refractivity contribution >= 4 is 5.91 Å². The van der Waals surface area contributed by atoms with Crippen LogP contribution in [0.25, 0.3) is 0 Å². The Morgan fingerprint density at radius 2 is 2.15 bits per heavy atom. The van der Waals surface area contributed by atoms with Crippen LogP contribution in [0.4, 0.5) is 8.78 Å².